The van der Waals surface area contributed by atoms with Crippen molar-refractivity contribution < 1.29 is 14.7 Å². The quantitative estimate of drug-likeness (QED) is 0.857. The average Bonchev–Trinajstić information content (AvgIpc) is 2.63. The number of rotatable bonds is 4. The molecule has 18 heavy (non-hydrogen) atoms. The van der Waals surface area contributed by atoms with Crippen LogP contribution in [0.1, 0.15) is 35.1 Å². The maximum Gasteiger partial charge on any atom is 0.303 e. The highest BCUT2D eigenvalue weighted by Crippen LogP contribution is 2.33. The minimum Gasteiger partial charge on any atom is -0.481 e. The first kappa shape index (κ1) is 12.6. The minimum absolute atomic E-state index is 0.0227. The van der Waals surface area contributed by atoms with Crippen molar-refractivity contribution in [3.63, 3.8) is 0 Å². The van der Waals surface area contributed by atoms with Gasteiger partial charge >= 0.3 is 5.97 Å². The molecule has 0 saturated heterocycles. The summed E-state index contributed by atoms with van der Waals surface area (Å²) in [6.45, 7) is 4.05. The maximum atomic E-state index is 11.5. The Labute approximate surface area is 106 Å². The fraction of sp³-hybridized carbons (Fsp3) is 0.429. The number of carboxylic acid groups (broad SMARTS) is 1. The number of nitrogens with one attached hydrogen (secondary N) is 1. The first-order valence-electron chi connectivity index (χ1n) is 6.12. The van der Waals surface area contributed by atoms with Crippen molar-refractivity contribution in [2.24, 2.45) is 0 Å². The molecule has 1 aliphatic heterocycles. The summed E-state index contributed by atoms with van der Waals surface area (Å²) in [4.78, 5) is 22.0. The molecular weight excluding hydrogens is 230 g/mol. The molecule has 0 spiro atoms. The van der Waals surface area contributed by atoms with Crippen molar-refractivity contribution in [1.82, 2.24) is 0 Å². The molecule has 1 aliphatic rings. The van der Waals surface area contributed by atoms with Crippen LogP contribution < -0.4 is 5.32 Å². The van der Waals surface area contributed by atoms with Gasteiger partial charge < -0.3 is 10.4 Å². The first-order chi connectivity index (χ1) is 8.49. The molecule has 0 fully saturated rings. The van der Waals surface area contributed by atoms with Gasteiger partial charge in [-0.2, -0.15) is 0 Å². The number of amides is 1. The highest BCUT2D eigenvalue weighted by molar-refractivity contribution is 6.00. The first-order valence-corrected chi connectivity index (χ1v) is 6.12. The molecule has 0 bridgehead atoms. The van der Waals surface area contributed by atoms with Gasteiger partial charge in [0.15, 0.2) is 0 Å². The van der Waals surface area contributed by atoms with Crippen LogP contribution in [0.3, 0.4) is 0 Å². The van der Waals surface area contributed by atoms with E-state index in [1.165, 1.54) is 0 Å². The predicted octanol–water partition coefficient (Wildman–Crippen LogP) is 2.21. The molecule has 0 aliphatic carbocycles. The molecule has 2 rings (SSSR count). The normalized spacial score (nSPS) is 13.3. The monoisotopic (exact) mass is 247 g/mol. The molecule has 0 atom stereocenters. The van der Waals surface area contributed by atoms with Gasteiger partial charge in [-0.1, -0.05) is 6.07 Å². The summed E-state index contributed by atoms with van der Waals surface area (Å²) in [5, 5.41) is 11.6. The van der Waals surface area contributed by atoms with Crippen LogP contribution in [0.2, 0.25) is 0 Å². The van der Waals surface area contributed by atoms with Crippen molar-refractivity contribution in [2.45, 2.75) is 39.5 Å². The molecule has 0 aromatic heterocycles. The largest absolute Gasteiger partial charge is 0.481 e. The van der Waals surface area contributed by atoms with Crippen molar-refractivity contribution >= 4 is 17.6 Å². The van der Waals surface area contributed by atoms with Gasteiger partial charge in [0.2, 0.25) is 5.91 Å². The number of aliphatic carboxylic acids is 1. The van der Waals surface area contributed by atoms with E-state index < -0.39 is 5.97 Å². The van der Waals surface area contributed by atoms with Crippen LogP contribution in [0.4, 0.5) is 5.69 Å². The van der Waals surface area contributed by atoms with E-state index in [-0.39, 0.29) is 12.3 Å². The zero-order valence-corrected chi connectivity index (χ0v) is 10.7. The van der Waals surface area contributed by atoms with Gasteiger partial charge in [0.05, 0.1) is 6.42 Å². The number of hydrogen-bond donors (Lipinski definition) is 2. The Balaban J connectivity index is 2.28. The van der Waals surface area contributed by atoms with Gasteiger partial charge in [0.25, 0.3) is 0 Å². The molecule has 0 saturated carbocycles. The summed E-state index contributed by atoms with van der Waals surface area (Å²) in [5.74, 6) is -0.754. The Morgan fingerprint density at radius 3 is 2.83 bits per heavy atom. The van der Waals surface area contributed by atoms with Crippen molar-refractivity contribution in [1.29, 1.82) is 0 Å². The van der Waals surface area contributed by atoms with E-state index in [4.69, 9.17) is 5.11 Å². The molecule has 1 heterocycles. The van der Waals surface area contributed by atoms with E-state index in [9.17, 15) is 9.59 Å². The van der Waals surface area contributed by atoms with Crippen LogP contribution in [0.15, 0.2) is 6.07 Å². The lowest BCUT2D eigenvalue weighted by molar-refractivity contribution is -0.137. The van der Waals surface area contributed by atoms with Crippen LogP contribution >= 0.6 is 0 Å². The molecule has 1 aromatic carbocycles. The second-order valence-corrected chi connectivity index (χ2v) is 4.80. The van der Waals surface area contributed by atoms with Gasteiger partial charge in [-0.3, -0.25) is 9.59 Å². The number of benzene rings is 1. The number of fused-ring (bicyclic) bond motifs is 1. The van der Waals surface area contributed by atoms with Crippen LogP contribution in [0, 0.1) is 13.8 Å². The second-order valence-electron chi connectivity index (χ2n) is 4.80. The van der Waals surface area contributed by atoms with Gasteiger partial charge in [-0.05, 0) is 48.9 Å². The Bertz CT molecular complexity index is 520. The van der Waals surface area contributed by atoms with Crippen molar-refractivity contribution in [3.8, 4) is 0 Å². The van der Waals surface area contributed by atoms with E-state index in [1.54, 1.807) is 0 Å². The summed E-state index contributed by atoms with van der Waals surface area (Å²) in [6.07, 6.45) is 1.89. The standard InChI is InChI=1S/C14H17NO3/c1-8-6-10-7-12(16)15-14(10)11(9(8)2)4-3-5-13(17)18/h6H,3-5,7H2,1-2H3,(H,15,16)(H,17,18). The second kappa shape index (κ2) is 4.80. The third-order valence-corrected chi connectivity index (χ3v) is 3.49. The minimum atomic E-state index is -0.777. The lowest BCUT2D eigenvalue weighted by Crippen LogP contribution is -2.06. The summed E-state index contributed by atoms with van der Waals surface area (Å²) in [7, 11) is 0. The smallest absolute Gasteiger partial charge is 0.303 e. The number of carbonyl (C=O) groups is 2. The maximum absolute atomic E-state index is 11.5. The highest BCUT2D eigenvalue weighted by Gasteiger charge is 2.22. The highest BCUT2D eigenvalue weighted by atomic mass is 16.4. The molecule has 0 radical (unpaired) electrons. The molecule has 96 valence electrons. The predicted molar refractivity (Wildman–Crippen MR) is 68.8 cm³/mol. The van der Waals surface area contributed by atoms with E-state index in [1.807, 2.05) is 19.9 Å². The fourth-order valence-corrected chi connectivity index (χ4v) is 2.44. The van der Waals surface area contributed by atoms with E-state index >= 15 is 0 Å². The van der Waals surface area contributed by atoms with Crippen LogP contribution in [-0.2, 0) is 22.4 Å². The molecule has 4 heteroatoms. The van der Waals surface area contributed by atoms with Gasteiger partial charge in [-0.25, -0.2) is 0 Å². The molecule has 1 aromatic rings. The van der Waals surface area contributed by atoms with E-state index in [0.717, 1.165) is 27.9 Å². The van der Waals surface area contributed by atoms with E-state index in [0.29, 0.717) is 19.3 Å². The Morgan fingerprint density at radius 2 is 2.17 bits per heavy atom. The lowest BCUT2D eigenvalue weighted by Gasteiger charge is -2.14. The third kappa shape index (κ3) is 2.37. The number of hydrogen-bond acceptors (Lipinski definition) is 2. The summed E-state index contributed by atoms with van der Waals surface area (Å²) in [6, 6.07) is 2.04. The number of aryl methyl sites for hydroxylation is 1. The number of anilines is 1. The molecule has 0 unspecified atom stereocenters. The third-order valence-electron chi connectivity index (χ3n) is 3.49. The number of carboxylic acids is 1. The SMILES string of the molecule is Cc1cc2c(c(CCCC(=O)O)c1C)NC(=O)C2. The molecular formula is C14H17NO3. The lowest BCUT2D eigenvalue weighted by atomic mass is 9.94. The Morgan fingerprint density at radius 1 is 1.44 bits per heavy atom. The van der Waals surface area contributed by atoms with Gasteiger partial charge in [-0.15, -0.1) is 0 Å². The fourth-order valence-electron chi connectivity index (χ4n) is 2.44. The van der Waals surface area contributed by atoms with Gasteiger partial charge in [0.1, 0.15) is 0 Å². The summed E-state index contributed by atoms with van der Waals surface area (Å²) < 4.78 is 0. The van der Waals surface area contributed by atoms with Crippen LogP contribution in [0.25, 0.3) is 0 Å². The van der Waals surface area contributed by atoms with E-state index in [2.05, 4.69) is 5.32 Å². The zero-order valence-electron chi connectivity index (χ0n) is 10.7. The summed E-state index contributed by atoms with van der Waals surface area (Å²) in [5.41, 5.74) is 5.36. The zero-order chi connectivity index (χ0) is 13.3. The molecule has 2 N–H and O–H groups in total. The van der Waals surface area contributed by atoms with Crippen molar-refractivity contribution in [3.05, 3.63) is 28.3 Å². The molecule has 1 amide bonds. The summed E-state index contributed by atoms with van der Waals surface area (Å²) >= 11 is 0. The molecule has 4 nitrogen and oxygen atoms in total. The van der Waals surface area contributed by atoms with Gasteiger partial charge in [0, 0.05) is 12.1 Å². The Kier molecular flexibility index (Phi) is 3.36. The van der Waals surface area contributed by atoms with Crippen LogP contribution in [-0.4, -0.2) is 17.0 Å². The Hall–Kier alpha value is -1.84. The average molecular weight is 247 g/mol. The van der Waals surface area contributed by atoms with Crippen molar-refractivity contribution in [2.75, 3.05) is 5.32 Å². The van der Waals surface area contributed by atoms with Crippen LogP contribution in [0.5, 0.6) is 0 Å². The topological polar surface area (TPSA) is 66.4 Å². The number of carbonyl (C=O) groups excluding carboxylic acids is 1.